The lowest BCUT2D eigenvalue weighted by atomic mass is 10.1. The zero-order valence-electron chi connectivity index (χ0n) is 15.4. The second kappa shape index (κ2) is 8.67. The molecule has 0 saturated carbocycles. The molecule has 30 heavy (non-hydrogen) atoms. The molecule has 0 atom stereocenters. The Balaban J connectivity index is 2.00. The Kier molecular flexibility index (Phi) is 6.68. The highest BCUT2D eigenvalue weighted by atomic mass is 19.4. The molecule has 0 bridgehead atoms. The smallest absolute Gasteiger partial charge is 0.431 e. The molecule has 1 aromatic heterocycles. The van der Waals surface area contributed by atoms with E-state index in [1.165, 1.54) is 12.1 Å². The van der Waals surface area contributed by atoms with E-state index in [4.69, 9.17) is 4.74 Å². The summed E-state index contributed by atoms with van der Waals surface area (Å²) in [7, 11) is 0.794. The van der Waals surface area contributed by atoms with E-state index in [1.807, 2.05) is 0 Å². The number of carbonyl (C=O) groups is 1. The van der Waals surface area contributed by atoms with Crippen molar-refractivity contribution < 1.29 is 41.0 Å². The fourth-order valence-electron chi connectivity index (χ4n) is 2.51. The quantitative estimate of drug-likeness (QED) is 0.536. The average Bonchev–Trinajstić information content (AvgIpc) is 2.64. The van der Waals surface area contributed by atoms with Gasteiger partial charge in [-0.25, -0.2) is 0 Å². The fourth-order valence-corrected chi connectivity index (χ4v) is 2.51. The summed E-state index contributed by atoms with van der Waals surface area (Å²) in [6, 6.07) is 4.85. The van der Waals surface area contributed by atoms with Crippen molar-refractivity contribution >= 4 is 5.91 Å². The molecule has 1 amide bonds. The molecule has 1 aromatic carbocycles. The van der Waals surface area contributed by atoms with Gasteiger partial charge in [0.25, 0.3) is 11.5 Å². The third-order valence-corrected chi connectivity index (χ3v) is 4.00. The van der Waals surface area contributed by atoms with Gasteiger partial charge >= 0.3 is 12.4 Å². The fraction of sp³-hybridized carbons (Fsp3) is 0.333. The molecule has 6 nitrogen and oxygen atoms in total. The number of rotatable bonds is 6. The van der Waals surface area contributed by atoms with E-state index in [9.17, 15) is 41.0 Å². The molecule has 0 aliphatic rings. The van der Waals surface area contributed by atoms with Crippen LogP contribution in [0.2, 0.25) is 0 Å². The van der Waals surface area contributed by atoms with E-state index >= 15 is 0 Å². The van der Waals surface area contributed by atoms with Crippen molar-refractivity contribution in [1.29, 1.82) is 0 Å². The van der Waals surface area contributed by atoms with Crippen molar-refractivity contribution in [1.82, 2.24) is 9.88 Å². The maximum atomic E-state index is 13.0. The molecule has 164 valence electrons. The van der Waals surface area contributed by atoms with Crippen LogP contribution >= 0.6 is 0 Å². The minimum absolute atomic E-state index is 0.00959. The van der Waals surface area contributed by atoms with Gasteiger partial charge in [-0.2, -0.15) is 26.3 Å². The Morgan fingerprint density at radius 3 is 2.37 bits per heavy atom. The molecular formula is C18H16F6N2O4. The summed E-state index contributed by atoms with van der Waals surface area (Å²) in [6.07, 6.45) is -9.54. The Labute approximate surface area is 165 Å². The van der Waals surface area contributed by atoms with Crippen LogP contribution in [0.3, 0.4) is 0 Å². The number of aromatic hydroxyl groups is 1. The highest BCUT2D eigenvalue weighted by Gasteiger charge is 2.36. The lowest BCUT2D eigenvalue weighted by Crippen LogP contribution is -2.31. The second-order valence-corrected chi connectivity index (χ2v) is 6.11. The number of pyridine rings is 1. The van der Waals surface area contributed by atoms with Gasteiger partial charge in [0.15, 0.2) is 5.75 Å². The van der Waals surface area contributed by atoms with Gasteiger partial charge in [-0.3, -0.25) is 9.59 Å². The van der Waals surface area contributed by atoms with Gasteiger partial charge in [0, 0.05) is 13.6 Å². The molecule has 0 fully saturated rings. The van der Waals surface area contributed by atoms with Crippen LogP contribution in [-0.4, -0.2) is 28.7 Å². The predicted molar refractivity (Wildman–Crippen MR) is 92.2 cm³/mol. The van der Waals surface area contributed by atoms with Crippen LogP contribution in [0.4, 0.5) is 26.3 Å². The molecule has 0 spiro atoms. The number of hydrogen-bond donors (Lipinski definition) is 2. The van der Waals surface area contributed by atoms with Crippen LogP contribution < -0.4 is 15.6 Å². The summed E-state index contributed by atoms with van der Waals surface area (Å²) in [5.74, 6) is -2.71. The maximum absolute atomic E-state index is 13.0. The number of nitrogens with zero attached hydrogens (tertiary/aromatic N) is 1. The van der Waals surface area contributed by atoms with Crippen LogP contribution in [0.1, 0.15) is 28.0 Å². The van der Waals surface area contributed by atoms with Gasteiger partial charge in [0.05, 0.1) is 17.7 Å². The summed E-state index contributed by atoms with van der Waals surface area (Å²) in [4.78, 5) is 23.8. The number of carbonyl (C=O) groups excluding carboxylic acids is 1. The van der Waals surface area contributed by atoms with Crippen molar-refractivity contribution in [3.05, 3.63) is 57.5 Å². The SMILES string of the molecule is Cn1c(C(F)(F)F)cc(C(=O)NCCCOc2ccccc2C(F)(F)F)c(O)c1=O. The Morgan fingerprint density at radius 2 is 1.77 bits per heavy atom. The Bertz CT molecular complexity index is 982. The van der Waals surface area contributed by atoms with E-state index in [-0.39, 0.29) is 24.1 Å². The van der Waals surface area contributed by atoms with Crippen molar-refractivity contribution in [3.63, 3.8) is 0 Å². The molecule has 1 heterocycles. The normalized spacial score (nSPS) is 12.0. The molecular weight excluding hydrogens is 422 g/mol. The molecule has 2 N–H and O–H groups in total. The summed E-state index contributed by atoms with van der Waals surface area (Å²) in [5.41, 5.74) is -4.67. The minimum atomic E-state index is -4.93. The minimum Gasteiger partial charge on any atom is -0.502 e. The summed E-state index contributed by atoms with van der Waals surface area (Å²) in [6.45, 7) is -0.424. The largest absolute Gasteiger partial charge is 0.502 e. The molecule has 0 unspecified atom stereocenters. The van der Waals surface area contributed by atoms with Crippen molar-refractivity contribution in [2.45, 2.75) is 18.8 Å². The number of alkyl halides is 6. The van der Waals surface area contributed by atoms with E-state index in [1.54, 1.807) is 0 Å². The van der Waals surface area contributed by atoms with Crippen LogP contribution in [0.25, 0.3) is 0 Å². The first-order valence-corrected chi connectivity index (χ1v) is 8.41. The monoisotopic (exact) mass is 438 g/mol. The molecule has 0 aliphatic heterocycles. The van der Waals surface area contributed by atoms with Crippen LogP contribution in [0.15, 0.2) is 35.1 Å². The van der Waals surface area contributed by atoms with E-state index in [0.29, 0.717) is 6.07 Å². The average molecular weight is 438 g/mol. The van der Waals surface area contributed by atoms with Gasteiger partial charge in [0.1, 0.15) is 11.4 Å². The molecule has 2 aromatic rings. The predicted octanol–water partition coefficient (Wildman–Crippen LogP) is 3.33. The van der Waals surface area contributed by atoms with Gasteiger partial charge < -0.3 is 19.7 Å². The first kappa shape index (κ1) is 23.1. The number of amides is 1. The first-order valence-electron chi connectivity index (χ1n) is 8.41. The zero-order valence-corrected chi connectivity index (χ0v) is 15.4. The van der Waals surface area contributed by atoms with Gasteiger partial charge in [-0.05, 0) is 24.6 Å². The van der Waals surface area contributed by atoms with Gasteiger partial charge in [-0.1, -0.05) is 12.1 Å². The maximum Gasteiger partial charge on any atom is 0.431 e. The summed E-state index contributed by atoms with van der Waals surface area (Å²) < 4.78 is 82.7. The van der Waals surface area contributed by atoms with Crippen molar-refractivity contribution in [2.75, 3.05) is 13.2 Å². The van der Waals surface area contributed by atoms with Crippen molar-refractivity contribution in [3.8, 4) is 11.5 Å². The number of halogens is 6. The van der Waals surface area contributed by atoms with Crippen LogP contribution in [0.5, 0.6) is 11.5 Å². The Morgan fingerprint density at radius 1 is 1.13 bits per heavy atom. The molecule has 0 saturated heterocycles. The number of para-hydroxylation sites is 1. The van der Waals surface area contributed by atoms with E-state index < -0.39 is 52.1 Å². The number of aromatic nitrogens is 1. The van der Waals surface area contributed by atoms with Crippen molar-refractivity contribution in [2.24, 2.45) is 7.05 Å². The van der Waals surface area contributed by atoms with Gasteiger partial charge in [-0.15, -0.1) is 0 Å². The molecule has 0 radical (unpaired) electrons. The number of benzene rings is 1. The van der Waals surface area contributed by atoms with Crippen LogP contribution in [0, 0.1) is 0 Å². The van der Waals surface area contributed by atoms with E-state index in [2.05, 4.69) is 5.32 Å². The van der Waals surface area contributed by atoms with Gasteiger partial charge in [0.2, 0.25) is 0 Å². The highest BCUT2D eigenvalue weighted by Crippen LogP contribution is 2.36. The second-order valence-electron chi connectivity index (χ2n) is 6.11. The lowest BCUT2D eigenvalue weighted by Gasteiger charge is -2.15. The third-order valence-electron chi connectivity index (χ3n) is 4.00. The molecule has 12 heteroatoms. The highest BCUT2D eigenvalue weighted by molar-refractivity contribution is 5.96. The van der Waals surface area contributed by atoms with Crippen LogP contribution in [-0.2, 0) is 19.4 Å². The standard InChI is InChI=1S/C18H16F6N2O4/c1-26-13(18(22,23)24)9-10(14(27)16(26)29)15(28)25-7-4-8-30-12-6-3-2-5-11(12)17(19,20)21/h2-3,5-6,9,27H,4,7-8H2,1H3,(H,25,28). The Hall–Kier alpha value is -3.18. The summed E-state index contributed by atoms with van der Waals surface area (Å²) >= 11 is 0. The number of ether oxygens (including phenoxy) is 1. The number of nitrogens with one attached hydrogen (secondary N) is 1. The first-order chi connectivity index (χ1) is 13.8. The zero-order chi connectivity index (χ0) is 22.7. The molecule has 2 rings (SSSR count). The topological polar surface area (TPSA) is 80.6 Å². The summed E-state index contributed by atoms with van der Waals surface area (Å²) in [5, 5.41) is 11.9. The number of hydrogen-bond acceptors (Lipinski definition) is 4. The lowest BCUT2D eigenvalue weighted by molar-refractivity contribution is -0.143. The van der Waals surface area contributed by atoms with E-state index in [0.717, 1.165) is 19.2 Å². The molecule has 0 aliphatic carbocycles. The third kappa shape index (κ3) is 5.24.